The number of alkyl halides is 3. The Kier molecular flexibility index (Phi) is 4.46. The summed E-state index contributed by atoms with van der Waals surface area (Å²) in [6.45, 7) is 2.32. The number of aliphatic hydroxyl groups is 1. The number of halogens is 3. The fraction of sp³-hybridized carbons (Fsp3) is 0.385. The maximum Gasteiger partial charge on any atom is 0.414 e. The Hall–Kier alpha value is -2.09. The minimum atomic E-state index is -4.72. The van der Waals surface area contributed by atoms with Gasteiger partial charge in [0, 0.05) is 5.56 Å². The molecule has 1 unspecified atom stereocenters. The Morgan fingerprint density at radius 2 is 2.14 bits per heavy atom. The molecule has 0 saturated carbocycles. The monoisotopic (exact) mass is 302 g/mol. The van der Waals surface area contributed by atoms with Gasteiger partial charge >= 0.3 is 6.18 Å². The van der Waals surface area contributed by atoms with E-state index in [-0.39, 0.29) is 11.7 Å². The summed E-state index contributed by atoms with van der Waals surface area (Å²) in [7, 11) is 0. The molecule has 1 heterocycles. The molecule has 0 radical (unpaired) electrons. The maximum absolute atomic E-state index is 12.2. The summed E-state index contributed by atoms with van der Waals surface area (Å²) < 4.78 is 46.8. The van der Waals surface area contributed by atoms with Crippen LogP contribution in [0.5, 0.6) is 5.75 Å². The fourth-order valence-corrected chi connectivity index (χ4v) is 1.63. The van der Waals surface area contributed by atoms with E-state index in [1.807, 2.05) is 6.92 Å². The van der Waals surface area contributed by atoms with Crippen LogP contribution in [0.15, 0.2) is 28.8 Å². The van der Waals surface area contributed by atoms with Crippen molar-refractivity contribution in [1.29, 1.82) is 0 Å². The SMILES string of the molecule is CCOc1cccc(-c2noc(CC(O)C(F)(F)F)n2)c1. The third-order valence-corrected chi connectivity index (χ3v) is 2.62. The van der Waals surface area contributed by atoms with Crippen LogP contribution in [0.2, 0.25) is 0 Å². The average Bonchev–Trinajstić information content (AvgIpc) is 2.87. The van der Waals surface area contributed by atoms with Gasteiger partial charge in [-0.3, -0.25) is 0 Å². The highest BCUT2D eigenvalue weighted by Gasteiger charge is 2.39. The van der Waals surface area contributed by atoms with Crippen LogP contribution in [0, 0.1) is 0 Å². The second kappa shape index (κ2) is 6.13. The molecule has 114 valence electrons. The summed E-state index contributed by atoms with van der Waals surface area (Å²) in [5, 5.41) is 12.6. The predicted octanol–water partition coefficient (Wildman–Crippen LogP) is 2.60. The zero-order chi connectivity index (χ0) is 15.5. The van der Waals surface area contributed by atoms with Crippen LogP contribution in [-0.2, 0) is 6.42 Å². The average molecular weight is 302 g/mol. The number of nitrogens with zero attached hydrogens (tertiary/aromatic N) is 2. The molecule has 0 saturated heterocycles. The molecule has 2 aromatic rings. The van der Waals surface area contributed by atoms with Crippen molar-refractivity contribution >= 4 is 0 Å². The van der Waals surface area contributed by atoms with Crippen molar-refractivity contribution in [3.8, 4) is 17.1 Å². The van der Waals surface area contributed by atoms with Crippen molar-refractivity contribution in [3.63, 3.8) is 0 Å². The molecule has 1 N–H and O–H groups in total. The summed E-state index contributed by atoms with van der Waals surface area (Å²) in [6, 6.07) is 6.78. The molecule has 0 fully saturated rings. The Morgan fingerprint density at radius 3 is 2.81 bits per heavy atom. The summed E-state index contributed by atoms with van der Waals surface area (Å²) >= 11 is 0. The van der Waals surface area contributed by atoms with Crippen LogP contribution >= 0.6 is 0 Å². The van der Waals surface area contributed by atoms with E-state index in [0.29, 0.717) is 17.9 Å². The quantitative estimate of drug-likeness (QED) is 0.919. The number of aromatic nitrogens is 2. The summed E-state index contributed by atoms with van der Waals surface area (Å²) in [6.07, 6.45) is -8.02. The molecule has 8 heteroatoms. The van der Waals surface area contributed by atoms with Gasteiger partial charge in [0.05, 0.1) is 13.0 Å². The van der Waals surface area contributed by atoms with Crippen molar-refractivity contribution in [2.75, 3.05) is 6.61 Å². The normalized spacial score (nSPS) is 13.2. The largest absolute Gasteiger partial charge is 0.494 e. The molecular formula is C13H13F3N2O3. The van der Waals surface area contributed by atoms with Crippen LogP contribution in [-0.4, -0.2) is 34.1 Å². The standard InChI is InChI=1S/C13H13F3N2O3/c1-2-20-9-5-3-4-8(6-9)12-17-11(21-18-12)7-10(19)13(14,15)16/h3-6,10,19H,2,7H2,1H3. The van der Waals surface area contributed by atoms with Crippen LogP contribution in [0.3, 0.4) is 0 Å². The second-order valence-electron chi connectivity index (χ2n) is 4.23. The first-order valence-corrected chi connectivity index (χ1v) is 6.20. The molecule has 21 heavy (non-hydrogen) atoms. The van der Waals surface area contributed by atoms with Crippen LogP contribution in [0.1, 0.15) is 12.8 Å². The van der Waals surface area contributed by atoms with Crippen molar-refractivity contribution in [1.82, 2.24) is 10.1 Å². The number of ether oxygens (including phenoxy) is 1. The summed E-state index contributed by atoms with van der Waals surface area (Å²) in [4.78, 5) is 3.84. The molecule has 5 nitrogen and oxygen atoms in total. The Balaban J connectivity index is 2.14. The number of hydrogen-bond donors (Lipinski definition) is 1. The molecule has 1 aromatic heterocycles. The third kappa shape index (κ3) is 3.94. The van der Waals surface area contributed by atoms with E-state index < -0.39 is 18.7 Å². The van der Waals surface area contributed by atoms with Gasteiger partial charge in [0.2, 0.25) is 11.7 Å². The molecular weight excluding hydrogens is 289 g/mol. The second-order valence-corrected chi connectivity index (χ2v) is 4.23. The first-order valence-electron chi connectivity index (χ1n) is 6.20. The van der Waals surface area contributed by atoms with Crippen LogP contribution in [0.25, 0.3) is 11.4 Å². The topological polar surface area (TPSA) is 68.4 Å². The zero-order valence-corrected chi connectivity index (χ0v) is 11.1. The Morgan fingerprint density at radius 1 is 1.38 bits per heavy atom. The molecule has 1 atom stereocenters. The summed E-state index contributed by atoms with van der Waals surface area (Å²) in [5.41, 5.74) is 0.553. The van der Waals surface area contributed by atoms with E-state index in [1.165, 1.54) is 0 Å². The predicted molar refractivity (Wildman–Crippen MR) is 66.7 cm³/mol. The van der Waals surface area contributed by atoms with E-state index in [2.05, 4.69) is 10.1 Å². The van der Waals surface area contributed by atoms with Gasteiger partial charge in [0.1, 0.15) is 5.75 Å². The number of hydrogen-bond acceptors (Lipinski definition) is 5. The summed E-state index contributed by atoms with van der Waals surface area (Å²) in [5.74, 6) is 0.453. The molecule has 0 spiro atoms. The van der Waals surface area contributed by atoms with Gasteiger partial charge in [-0.1, -0.05) is 17.3 Å². The molecule has 2 rings (SSSR count). The molecule has 0 bridgehead atoms. The van der Waals surface area contributed by atoms with E-state index in [1.54, 1.807) is 24.3 Å². The van der Waals surface area contributed by atoms with Gasteiger partial charge < -0.3 is 14.4 Å². The number of benzene rings is 1. The lowest BCUT2D eigenvalue weighted by Gasteiger charge is -2.11. The Labute approximate surface area is 118 Å². The highest BCUT2D eigenvalue weighted by molar-refractivity contribution is 5.56. The lowest BCUT2D eigenvalue weighted by atomic mass is 10.2. The molecule has 1 aromatic carbocycles. The molecule has 0 aliphatic rings. The van der Waals surface area contributed by atoms with Gasteiger partial charge in [-0.05, 0) is 19.1 Å². The van der Waals surface area contributed by atoms with Crippen LogP contribution in [0.4, 0.5) is 13.2 Å². The third-order valence-electron chi connectivity index (χ3n) is 2.62. The van der Waals surface area contributed by atoms with Gasteiger partial charge in [0.15, 0.2) is 6.10 Å². The highest BCUT2D eigenvalue weighted by atomic mass is 19.4. The molecule has 0 amide bonds. The van der Waals surface area contributed by atoms with Crippen molar-refractivity contribution in [3.05, 3.63) is 30.2 Å². The highest BCUT2D eigenvalue weighted by Crippen LogP contribution is 2.25. The van der Waals surface area contributed by atoms with E-state index in [4.69, 9.17) is 14.4 Å². The van der Waals surface area contributed by atoms with E-state index >= 15 is 0 Å². The van der Waals surface area contributed by atoms with Crippen molar-refractivity contribution in [2.45, 2.75) is 25.6 Å². The first-order chi connectivity index (χ1) is 9.90. The van der Waals surface area contributed by atoms with Crippen LogP contribution < -0.4 is 4.74 Å². The van der Waals surface area contributed by atoms with Gasteiger partial charge in [0.25, 0.3) is 0 Å². The molecule has 0 aliphatic carbocycles. The maximum atomic E-state index is 12.2. The first kappa shape index (κ1) is 15.3. The van der Waals surface area contributed by atoms with E-state index in [9.17, 15) is 13.2 Å². The van der Waals surface area contributed by atoms with Crippen molar-refractivity contribution < 1.29 is 27.5 Å². The minimum Gasteiger partial charge on any atom is -0.494 e. The fourth-order valence-electron chi connectivity index (χ4n) is 1.63. The number of aliphatic hydroxyl groups excluding tert-OH is 1. The smallest absolute Gasteiger partial charge is 0.414 e. The lowest BCUT2D eigenvalue weighted by molar-refractivity contribution is -0.204. The lowest BCUT2D eigenvalue weighted by Crippen LogP contribution is -2.30. The zero-order valence-electron chi connectivity index (χ0n) is 11.1. The minimum absolute atomic E-state index is 0.140. The van der Waals surface area contributed by atoms with E-state index in [0.717, 1.165) is 0 Å². The molecule has 0 aliphatic heterocycles. The van der Waals surface area contributed by atoms with Gasteiger partial charge in [-0.2, -0.15) is 18.2 Å². The van der Waals surface area contributed by atoms with Gasteiger partial charge in [-0.15, -0.1) is 0 Å². The van der Waals surface area contributed by atoms with Gasteiger partial charge in [-0.25, -0.2) is 0 Å². The Bertz CT molecular complexity index is 598. The van der Waals surface area contributed by atoms with Crippen molar-refractivity contribution in [2.24, 2.45) is 0 Å². The number of rotatable bonds is 5.